The van der Waals surface area contributed by atoms with Gasteiger partial charge in [0.15, 0.2) is 5.82 Å². The Morgan fingerprint density at radius 1 is 1.41 bits per heavy atom. The van der Waals surface area contributed by atoms with Crippen molar-refractivity contribution in [2.24, 2.45) is 0 Å². The van der Waals surface area contributed by atoms with Gasteiger partial charge in [-0.1, -0.05) is 37.4 Å². The molecule has 0 aliphatic carbocycles. The first-order valence-corrected chi connectivity index (χ1v) is 7.68. The lowest BCUT2D eigenvalue weighted by Crippen LogP contribution is -2.38. The molecule has 6 nitrogen and oxygen atoms in total. The van der Waals surface area contributed by atoms with E-state index in [4.69, 9.17) is 4.52 Å². The van der Waals surface area contributed by atoms with Gasteiger partial charge in [0, 0.05) is 19.0 Å². The molecule has 0 fully saturated rings. The van der Waals surface area contributed by atoms with E-state index in [1.165, 1.54) is 4.90 Å². The Hall–Kier alpha value is -2.11. The number of rotatable bonds is 10. The average Bonchev–Trinajstić information content (AvgIpc) is 2.88. The Morgan fingerprint density at radius 2 is 2.18 bits per heavy atom. The maximum atomic E-state index is 12.2. The molecule has 1 heterocycles. The van der Waals surface area contributed by atoms with E-state index in [9.17, 15) is 9.59 Å². The number of aromatic nitrogens is 1. The standard InChI is InChI=1S/C16H25N3O3/c1-4-6-7-8-9-16(21)19(10-5-2)12-15(20)17-14-11-13(3)22-18-14/h5,11H,2,4,6-10,12H2,1,3H3,(H,17,18,20). The highest BCUT2D eigenvalue weighted by Gasteiger charge is 2.16. The van der Waals surface area contributed by atoms with Crippen LogP contribution in [0.1, 0.15) is 44.8 Å². The van der Waals surface area contributed by atoms with Crippen molar-refractivity contribution in [1.29, 1.82) is 0 Å². The molecule has 0 saturated heterocycles. The summed E-state index contributed by atoms with van der Waals surface area (Å²) in [6, 6.07) is 1.63. The Kier molecular flexibility index (Phi) is 7.96. The number of carbonyl (C=O) groups is 2. The SMILES string of the molecule is C=CCN(CC(=O)Nc1cc(C)on1)C(=O)CCCCCC. The molecule has 0 aliphatic rings. The second-order valence-corrected chi connectivity index (χ2v) is 5.24. The van der Waals surface area contributed by atoms with Gasteiger partial charge in [-0.25, -0.2) is 0 Å². The average molecular weight is 307 g/mol. The number of nitrogens with zero attached hydrogens (tertiary/aromatic N) is 2. The van der Waals surface area contributed by atoms with Gasteiger partial charge in [-0.3, -0.25) is 9.59 Å². The fourth-order valence-corrected chi connectivity index (χ4v) is 2.05. The summed E-state index contributed by atoms with van der Waals surface area (Å²) in [6.45, 7) is 7.85. The predicted octanol–water partition coefficient (Wildman–Crippen LogP) is 2.91. The Balaban J connectivity index is 2.46. The number of hydrogen-bond donors (Lipinski definition) is 1. The minimum atomic E-state index is -0.294. The smallest absolute Gasteiger partial charge is 0.245 e. The van der Waals surface area contributed by atoms with Crippen LogP contribution in [0.25, 0.3) is 0 Å². The molecule has 2 amide bonds. The number of unbranched alkanes of at least 4 members (excludes halogenated alkanes) is 3. The van der Waals surface area contributed by atoms with Crippen LogP contribution in [0.5, 0.6) is 0 Å². The molecular formula is C16H25N3O3. The first-order valence-electron chi connectivity index (χ1n) is 7.68. The van der Waals surface area contributed by atoms with Gasteiger partial charge in [0.05, 0.1) is 0 Å². The summed E-state index contributed by atoms with van der Waals surface area (Å²) in [5, 5.41) is 6.30. The molecule has 0 radical (unpaired) electrons. The maximum Gasteiger partial charge on any atom is 0.245 e. The van der Waals surface area contributed by atoms with Gasteiger partial charge in [-0.05, 0) is 13.3 Å². The van der Waals surface area contributed by atoms with Crippen LogP contribution in [0.4, 0.5) is 5.82 Å². The summed E-state index contributed by atoms with van der Waals surface area (Å²) < 4.78 is 4.88. The van der Waals surface area contributed by atoms with E-state index in [1.54, 1.807) is 19.1 Å². The number of carbonyl (C=O) groups excluding carboxylic acids is 2. The van der Waals surface area contributed by atoms with Gasteiger partial charge in [0.2, 0.25) is 11.8 Å². The van der Waals surface area contributed by atoms with Crippen molar-refractivity contribution in [2.75, 3.05) is 18.4 Å². The third-order valence-electron chi connectivity index (χ3n) is 3.18. The molecule has 0 aliphatic heterocycles. The quantitative estimate of drug-likeness (QED) is 0.532. The molecule has 22 heavy (non-hydrogen) atoms. The Morgan fingerprint density at radius 3 is 2.77 bits per heavy atom. The summed E-state index contributed by atoms with van der Waals surface area (Å²) in [7, 11) is 0. The number of anilines is 1. The highest BCUT2D eigenvalue weighted by atomic mass is 16.5. The molecule has 1 N–H and O–H groups in total. The minimum Gasteiger partial charge on any atom is -0.360 e. The number of amides is 2. The van der Waals surface area contributed by atoms with Gasteiger partial charge in [-0.2, -0.15) is 0 Å². The molecule has 0 spiro atoms. The fraction of sp³-hybridized carbons (Fsp3) is 0.562. The van der Waals surface area contributed by atoms with Gasteiger partial charge < -0.3 is 14.7 Å². The molecule has 1 rings (SSSR count). The van der Waals surface area contributed by atoms with Crippen LogP contribution in [0, 0.1) is 6.92 Å². The molecule has 0 unspecified atom stereocenters. The molecule has 0 aromatic carbocycles. The van der Waals surface area contributed by atoms with Crippen LogP contribution in [-0.4, -0.2) is 35.0 Å². The second-order valence-electron chi connectivity index (χ2n) is 5.24. The van der Waals surface area contributed by atoms with E-state index in [0.29, 0.717) is 24.5 Å². The Bertz CT molecular complexity index is 497. The summed E-state index contributed by atoms with van der Waals surface area (Å²) >= 11 is 0. The zero-order valence-corrected chi connectivity index (χ0v) is 13.4. The van der Waals surface area contributed by atoms with Crippen molar-refractivity contribution in [2.45, 2.75) is 46.0 Å². The summed E-state index contributed by atoms with van der Waals surface area (Å²) in [4.78, 5) is 25.6. The monoisotopic (exact) mass is 307 g/mol. The van der Waals surface area contributed by atoms with Crippen molar-refractivity contribution < 1.29 is 14.1 Å². The number of hydrogen-bond acceptors (Lipinski definition) is 4. The van der Waals surface area contributed by atoms with Crippen molar-refractivity contribution in [3.63, 3.8) is 0 Å². The largest absolute Gasteiger partial charge is 0.360 e. The molecule has 0 atom stereocenters. The van der Waals surface area contributed by atoms with E-state index >= 15 is 0 Å². The van der Waals surface area contributed by atoms with Gasteiger partial charge in [0.1, 0.15) is 12.3 Å². The molecule has 6 heteroatoms. The van der Waals surface area contributed by atoms with Crippen LogP contribution >= 0.6 is 0 Å². The third kappa shape index (κ3) is 6.56. The van der Waals surface area contributed by atoms with Crippen LogP contribution in [-0.2, 0) is 9.59 Å². The maximum absolute atomic E-state index is 12.2. The third-order valence-corrected chi connectivity index (χ3v) is 3.18. The zero-order chi connectivity index (χ0) is 16.4. The van der Waals surface area contributed by atoms with E-state index in [2.05, 4.69) is 24.0 Å². The zero-order valence-electron chi connectivity index (χ0n) is 13.4. The van der Waals surface area contributed by atoms with Gasteiger partial charge in [0.25, 0.3) is 0 Å². The van der Waals surface area contributed by atoms with Gasteiger partial charge >= 0.3 is 0 Å². The minimum absolute atomic E-state index is 0.00939. The molecule has 1 aromatic rings. The first kappa shape index (κ1) is 17.9. The molecule has 0 bridgehead atoms. The lowest BCUT2D eigenvalue weighted by molar-refractivity contribution is -0.134. The lowest BCUT2D eigenvalue weighted by Gasteiger charge is -2.20. The molecule has 122 valence electrons. The topological polar surface area (TPSA) is 75.4 Å². The van der Waals surface area contributed by atoms with E-state index in [1.807, 2.05) is 0 Å². The van der Waals surface area contributed by atoms with Crippen LogP contribution in [0.3, 0.4) is 0 Å². The lowest BCUT2D eigenvalue weighted by atomic mass is 10.1. The fourth-order valence-electron chi connectivity index (χ4n) is 2.05. The van der Waals surface area contributed by atoms with Crippen molar-refractivity contribution in [1.82, 2.24) is 10.1 Å². The van der Waals surface area contributed by atoms with Crippen molar-refractivity contribution in [3.8, 4) is 0 Å². The van der Waals surface area contributed by atoms with E-state index in [-0.39, 0.29) is 18.4 Å². The number of aryl methyl sites for hydroxylation is 1. The molecular weight excluding hydrogens is 282 g/mol. The molecule has 1 aromatic heterocycles. The van der Waals surface area contributed by atoms with Crippen molar-refractivity contribution in [3.05, 3.63) is 24.5 Å². The van der Waals surface area contributed by atoms with Gasteiger partial charge in [-0.15, -0.1) is 6.58 Å². The normalized spacial score (nSPS) is 10.3. The predicted molar refractivity (Wildman–Crippen MR) is 85.4 cm³/mol. The number of nitrogens with one attached hydrogen (secondary N) is 1. The van der Waals surface area contributed by atoms with E-state index < -0.39 is 0 Å². The summed E-state index contributed by atoms with van der Waals surface area (Å²) in [5.41, 5.74) is 0. The first-order chi connectivity index (χ1) is 10.6. The summed E-state index contributed by atoms with van der Waals surface area (Å²) in [6.07, 6.45) is 6.23. The van der Waals surface area contributed by atoms with Crippen LogP contribution in [0.2, 0.25) is 0 Å². The van der Waals surface area contributed by atoms with Crippen molar-refractivity contribution >= 4 is 17.6 Å². The highest BCUT2D eigenvalue weighted by molar-refractivity contribution is 5.93. The second kappa shape index (κ2) is 9.76. The Labute approximate surface area is 131 Å². The highest BCUT2D eigenvalue weighted by Crippen LogP contribution is 2.08. The van der Waals surface area contributed by atoms with Crippen LogP contribution < -0.4 is 5.32 Å². The summed E-state index contributed by atoms with van der Waals surface area (Å²) in [5.74, 6) is 0.654. The van der Waals surface area contributed by atoms with Crippen LogP contribution in [0.15, 0.2) is 23.2 Å². The van der Waals surface area contributed by atoms with E-state index in [0.717, 1.165) is 25.7 Å². The molecule has 0 saturated carbocycles.